The highest BCUT2D eigenvalue weighted by Gasteiger charge is 2.34. The summed E-state index contributed by atoms with van der Waals surface area (Å²) in [6, 6.07) is 11.1. The molecule has 3 rings (SSSR count). The van der Waals surface area contributed by atoms with Gasteiger partial charge in [0.05, 0.1) is 12.2 Å². The highest BCUT2D eigenvalue weighted by molar-refractivity contribution is 6.00. The molecular formula is C18H15FN2O2. The van der Waals surface area contributed by atoms with Gasteiger partial charge in [0.15, 0.2) is 6.10 Å². The fourth-order valence-corrected chi connectivity index (χ4v) is 2.56. The number of terminal acetylenes is 1. The first-order valence-electron chi connectivity index (χ1n) is 7.14. The van der Waals surface area contributed by atoms with E-state index in [1.807, 2.05) is 0 Å². The minimum Gasteiger partial charge on any atom is -0.478 e. The van der Waals surface area contributed by atoms with Crippen molar-refractivity contribution in [1.82, 2.24) is 0 Å². The van der Waals surface area contributed by atoms with Crippen LogP contribution in [0.1, 0.15) is 5.56 Å². The van der Waals surface area contributed by atoms with E-state index >= 15 is 0 Å². The van der Waals surface area contributed by atoms with Crippen molar-refractivity contribution in [3.05, 3.63) is 53.8 Å². The van der Waals surface area contributed by atoms with Gasteiger partial charge >= 0.3 is 0 Å². The van der Waals surface area contributed by atoms with Gasteiger partial charge in [0, 0.05) is 18.2 Å². The van der Waals surface area contributed by atoms with Crippen LogP contribution in [0.5, 0.6) is 5.75 Å². The summed E-state index contributed by atoms with van der Waals surface area (Å²) in [6.45, 7) is 0.152. The van der Waals surface area contributed by atoms with Gasteiger partial charge in [-0.1, -0.05) is 18.1 Å². The quantitative estimate of drug-likeness (QED) is 0.699. The molecule has 1 unspecified atom stereocenters. The van der Waals surface area contributed by atoms with Gasteiger partial charge in [-0.15, -0.1) is 6.42 Å². The van der Waals surface area contributed by atoms with E-state index in [9.17, 15) is 9.18 Å². The standard InChI is InChI=1S/C18H15FN2O2/c1-2-9-21-15-8-7-14(20)11-16(15)23-17(18(21)22)10-12-3-5-13(19)6-4-12/h1,3-8,11,17H,9-10,20H2. The average molecular weight is 310 g/mol. The number of hydrogen-bond donors (Lipinski definition) is 1. The minimum atomic E-state index is -0.719. The van der Waals surface area contributed by atoms with Crippen molar-refractivity contribution in [2.75, 3.05) is 17.2 Å². The van der Waals surface area contributed by atoms with Crippen LogP contribution in [0, 0.1) is 18.2 Å². The second kappa shape index (κ2) is 6.01. The van der Waals surface area contributed by atoms with E-state index in [0.29, 0.717) is 23.5 Å². The molecule has 1 amide bonds. The Hall–Kier alpha value is -3.00. The van der Waals surface area contributed by atoms with Crippen molar-refractivity contribution in [3.63, 3.8) is 0 Å². The number of fused-ring (bicyclic) bond motifs is 1. The van der Waals surface area contributed by atoms with Gasteiger partial charge in [0.2, 0.25) is 0 Å². The number of nitrogen functional groups attached to an aromatic ring is 1. The van der Waals surface area contributed by atoms with Crippen LogP contribution >= 0.6 is 0 Å². The Bertz CT molecular complexity index is 781. The largest absolute Gasteiger partial charge is 0.478 e. The number of hydrogen-bond acceptors (Lipinski definition) is 3. The van der Waals surface area contributed by atoms with Crippen molar-refractivity contribution in [2.45, 2.75) is 12.5 Å². The van der Waals surface area contributed by atoms with Crippen LogP contribution in [-0.2, 0) is 11.2 Å². The van der Waals surface area contributed by atoms with Crippen LogP contribution in [-0.4, -0.2) is 18.6 Å². The molecule has 116 valence electrons. The third-order valence-corrected chi connectivity index (χ3v) is 3.67. The summed E-state index contributed by atoms with van der Waals surface area (Å²) in [5, 5.41) is 0. The number of carbonyl (C=O) groups is 1. The first kappa shape index (κ1) is 14.9. The predicted molar refractivity (Wildman–Crippen MR) is 86.6 cm³/mol. The van der Waals surface area contributed by atoms with Crippen molar-refractivity contribution in [3.8, 4) is 18.1 Å². The predicted octanol–water partition coefficient (Wildman–Crippen LogP) is 2.38. The molecule has 1 heterocycles. The zero-order chi connectivity index (χ0) is 16.4. The Labute approximate surface area is 133 Å². The summed E-state index contributed by atoms with van der Waals surface area (Å²) < 4.78 is 18.8. The molecule has 5 heteroatoms. The van der Waals surface area contributed by atoms with Crippen LogP contribution in [0.3, 0.4) is 0 Å². The van der Waals surface area contributed by atoms with Crippen LogP contribution in [0.25, 0.3) is 0 Å². The van der Waals surface area contributed by atoms with E-state index in [-0.39, 0.29) is 18.3 Å². The molecule has 23 heavy (non-hydrogen) atoms. The summed E-state index contributed by atoms with van der Waals surface area (Å²) in [5.41, 5.74) is 7.74. The number of anilines is 2. The third kappa shape index (κ3) is 2.97. The molecule has 0 aliphatic carbocycles. The molecular weight excluding hydrogens is 295 g/mol. The summed E-state index contributed by atoms with van der Waals surface area (Å²) in [7, 11) is 0. The van der Waals surface area contributed by atoms with Gasteiger partial charge in [-0.05, 0) is 29.8 Å². The number of ether oxygens (including phenoxy) is 1. The lowest BCUT2D eigenvalue weighted by Gasteiger charge is -2.33. The zero-order valence-corrected chi connectivity index (χ0v) is 12.3. The maximum atomic E-state index is 13.0. The molecule has 1 aliphatic heterocycles. The number of nitrogens with two attached hydrogens (primary N) is 1. The summed E-state index contributed by atoms with van der Waals surface area (Å²) in [6.07, 6.45) is 4.98. The monoisotopic (exact) mass is 310 g/mol. The van der Waals surface area contributed by atoms with Crippen LogP contribution < -0.4 is 15.4 Å². The first-order valence-corrected chi connectivity index (χ1v) is 7.14. The molecule has 2 aromatic carbocycles. The maximum absolute atomic E-state index is 13.0. The van der Waals surface area contributed by atoms with E-state index in [0.717, 1.165) is 5.56 Å². The number of rotatable bonds is 3. The van der Waals surface area contributed by atoms with Crippen molar-refractivity contribution in [1.29, 1.82) is 0 Å². The van der Waals surface area contributed by atoms with E-state index in [1.54, 1.807) is 30.3 Å². The Morgan fingerprint density at radius 3 is 2.70 bits per heavy atom. The number of amides is 1. The van der Waals surface area contributed by atoms with Gasteiger partial charge in [-0.25, -0.2) is 4.39 Å². The summed E-state index contributed by atoms with van der Waals surface area (Å²) in [5.74, 6) is 2.46. The average Bonchev–Trinajstić information content (AvgIpc) is 2.53. The first-order chi connectivity index (χ1) is 11.1. The normalized spacial score (nSPS) is 16.4. The maximum Gasteiger partial charge on any atom is 0.269 e. The highest BCUT2D eigenvalue weighted by atomic mass is 19.1. The van der Waals surface area contributed by atoms with Gasteiger partial charge in [0.1, 0.15) is 11.6 Å². The molecule has 0 saturated heterocycles. The molecule has 1 atom stereocenters. The molecule has 0 bridgehead atoms. The third-order valence-electron chi connectivity index (χ3n) is 3.67. The summed E-state index contributed by atoms with van der Waals surface area (Å²) in [4.78, 5) is 14.1. The topological polar surface area (TPSA) is 55.6 Å². The number of halogens is 1. The Kier molecular flexibility index (Phi) is 3.90. The van der Waals surface area contributed by atoms with Crippen LogP contribution in [0.4, 0.5) is 15.8 Å². The van der Waals surface area contributed by atoms with Gasteiger partial charge in [-0.3, -0.25) is 9.69 Å². The van der Waals surface area contributed by atoms with Crippen LogP contribution in [0.2, 0.25) is 0 Å². The Morgan fingerprint density at radius 2 is 2.00 bits per heavy atom. The second-order valence-corrected chi connectivity index (χ2v) is 5.29. The minimum absolute atomic E-state index is 0.152. The molecule has 0 aromatic heterocycles. The van der Waals surface area contributed by atoms with Gasteiger partial charge in [-0.2, -0.15) is 0 Å². The number of carbonyl (C=O) groups excluding carboxylic acids is 1. The summed E-state index contributed by atoms with van der Waals surface area (Å²) >= 11 is 0. The molecule has 4 nitrogen and oxygen atoms in total. The lowest BCUT2D eigenvalue weighted by molar-refractivity contribution is -0.126. The smallest absolute Gasteiger partial charge is 0.269 e. The van der Waals surface area contributed by atoms with Crippen molar-refractivity contribution >= 4 is 17.3 Å². The van der Waals surface area contributed by atoms with Gasteiger partial charge in [0.25, 0.3) is 5.91 Å². The number of nitrogens with zero attached hydrogens (tertiary/aromatic N) is 1. The molecule has 2 aromatic rings. The van der Waals surface area contributed by atoms with Crippen molar-refractivity contribution in [2.24, 2.45) is 0 Å². The molecule has 0 saturated carbocycles. The SMILES string of the molecule is C#CCN1C(=O)C(Cc2ccc(F)cc2)Oc2cc(N)ccc21. The van der Waals surface area contributed by atoms with E-state index in [4.69, 9.17) is 16.9 Å². The van der Waals surface area contributed by atoms with Crippen molar-refractivity contribution < 1.29 is 13.9 Å². The molecule has 0 spiro atoms. The Morgan fingerprint density at radius 1 is 1.26 bits per heavy atom. The molecule has 2 N–H and O–H groups in total. The lowest BCUT2D eigenvalue weighted by atomic mass is 10.0. The van der Waals surface area contributed by atoms with Gasteiger partial charge < -0.3 is 10.5 Å². The highest BCUT2D eigenvalue weighted by Crippen LogP contribution is 2.36. The van der Waals surface area contributed by atoms with Crippen LogP contribution in [0.15, 0.2) is 42.5 Å². The van der Waals surface area contributed by atoms with E-state index in [2.05, 4.69) is 5.92 Å². The molecule has 0 radical (unpaired) electrons. The Balaban J connectivity index is 1.92. The fraction of sp³-hybridized carbons (Fsp3) is 0.167. The number of benzene rings is 2. The second-order valence-electron chi connectivity index (χ2n) is 5.29. The molecule has 0 fully saturated rings. The lowest BCUT2D eigenvalue weighted by Crippen LogP contribution is -2.47. The molecule has 1 aliphatic rings. The van der Waals surface area contributed by atoms with E-state index < -0.39 is 6.10 Å². The fourth-order valence-electron chi connectivity index (χ4n) is 2.56. The zero-order valence-electron chi connectivity index (χ0n) is 12.3. The van der Waals surface area contributed by atoms with E-state index in [1.165, 1.54) is 17.0 Å².